The molecule has 0 saturated carbocycles. The van der Waals surface area contributed by atoms with Crippen LogP contribution in [0, 0.1) is 12.3 Å². The molecule has 13 heteroatoms. The standard InChI is InChI=1S/C27H28ClFN6O3S2/c1-17-33-20-6-7-21(39-23-14-31-22(13-32-23)34-10-8-27(2,16-30)9-11-34)25(28)24(20)26(36)35(17)15-18-4-3-5-19(12-18)40(29,37)38/h3-7,12-14H,8-11,15-16,30H2,1-2H3. The molecular weight excluding hydrogens is 575 g/mol. The molecule has 210 valence electrons. The van der Waals surface area contributed by atoms with Crippen molar-refractivity contribution in [3.05, 3.63) is 75.6 Å². The highest BCUT2D eigenvalue weighted by Gasteiger charge is 2.29. The lowest BCUT2D eigenvalue weighted by Gasteiger charge is -2.39. The molecule has 2 aromatic carbocycles. The number of benzene rings is 2. The van der Waals surface area contributed by atoms with Crippen molar-refractivity contribution in [2.45, 2.75) is 48.1 Å². The molecule has 1 fully saturated rings. The van der Waals surface area contributed by atoms with Crippen molar-refractivity contribution in [2.24, 2.45) is 11.1 Å². The molecule has 2 N–H and O–H groups in total. The van der Waals surface area contributed by atoms with Crippen LogP contribution < -0.4 is 16.2 Å². The Morgan fingerprint density at radius 1 is 1.15 bits per heavy atom. The predicted octanol–water partition coefficient (Wildman–Crippen LogP) is 4.57. The Morgan fingerprint density at radius 3 is 2.55 bits per heavy atom. The minimum Gasteiger partial charge on any atom is -0.355 e. The van der Waals surface area contributed by atoms with Crippen LogP contribution in [0.2, 0.25) is 5.02 Å². The van der Waals surface area contributed by atoms with Crippen LogP contribution in [0.4, 0.5) is 9.70 Å². The summed E-state index contributed by atoms with van der Waals surface area (Å²) in [4.78, 5) is 29.6. The lowest BCUT2D eigenvalue weighted by atomic mass is 9.80. The molecule has 3 heterocycles. The predicted molar refractivity (Wildman–Crippen MR) is 154 cm³/mol. The molecule has 0 aliphatic carbocycles. The van der Waals surface area contributed by atoms with E-state index in [1.807, 2.05) is 0 Å². The van der Waals surface area contributed by atoms with Gasteiger partial charge >= 0.3 is 10.2 Å². The van der Waals surface area contributed by atoms with Crippen molar-refractivity contribution < 1.29 is 12.3 Å². The number of aromatic nitrogens is 4. The molecule has 1 aliphatic rings. The number of fused-ring (bicyclic) bond motifs is 1. The molecular formula is C27H28ClFN6O3S2. The summed E-state index contributed by atoms with van der Waals surface area (Å²) in [5, 5.41) is 1.09. The van der Waals surface area contributed by atoms with Gasteiger partial charge in [0.05, 0.1) is 39.8 Å². The second-order valence-electron chi connectivity index (χ2n) is 10.2. The summed E-state index contributed by atoms with van der Waals surface area (Å²) in [5.74, 6) is 1.22. The van der Waals surface area contributed by atoms with Crippen LogP contribution in [0.1, 0.15) is 31.2 Å². The van der Waals surface area contributed by atoms with Gasteiger partial charge in [0.2, 0.25) is 0 Å². The third-order valence-corrected chi connectivity index (χ3v) is 9.66. The van der Waals surface area contributed by atoms with Gasteiger partial charge in [0.15, 0.2) is 0 Å². The summed E-state index contributed by atoms with van der Waals surface area (Å²) < 4.78 is 37.5. The number of nitrogens with two attached hydrogens (primary N) is 1. The fourth-order valence-electron chi connectivity index (χ4n) is 4.72. The molecule has 0 unspecified atom stereocenters. The SMILES string of the molecule is Cc1nc2ccc(Sc3cnc(N4CCC(C)(CN)CC4)cn3)c(Cl)c2c(=O)n1Cc1cccc(S(=O)(=O)F)c1. The monoisotopic (exact) mass is 602 g/mol. The lowest BCUT2D eigenvalue weighted by molar-refractivity contribution is 0.258. The summed E-state index contributed by atoms with van der Waals surface area (Å²) in [6, 6.07) is 8.90. The summed E-state index contributed by atoms with van der Waals surface area (Å²) in [6.45, 7) is 6.30. The van der Waals surface area contributed by atoms with E-state index in [4.69, 9.17) is 17.3 Å². The summed E-state index contributed by atoms with van der Waals surface area (Å²) >= 11 is 8.02. The number of halogens is 2. The van der Waals surface area contributed by atoms with Gasteiger partial charge in [-0.1, -0.05) is 42.4 Å². The Kier molecular flexibility index (Phi) is 7.88. The maximum absolute atomic E-state index is 13.5. The van der Waals surface area contributed by atoms with Crippen LogP contribution in [-0.2, 0) is 16.8 Å². The van der Waals surface area contributed by atoms with E-state index in [2.05, 4.69) is 26.8 Å². The van der Waals surface area contributed by atoms with E-state index in [1.165, 1.54) is 28.5 Å². The first-order valence-corrected chi connectivity index (χ1v) is 15.2. The van der Waals surface area contributed by atoms with E-state index in [9.17, 15) is 17.1 Å². The second-order valence-corrected chi connectivity index (χ2v) is 13.0. The van der Waals surface area contributed by atoms with Crippen molar-refractivity contribution in [1.29, 1.82) is 0 Å². The van der Waals surface area contributed by atoms with E-state index in [0.717, 1.165) is 37.8 Å². The average Bonchev–Trinajstić information content (AvgIpc) is 2.93. The van der Waals surface area contributed by atoms with Gasteiger partial charge in [-0.3, -0.25) is 9.36 Å². The van der Waals surface area contributed by atoms with Gasteiger partial charge in [0.1, 0.15) is 16.7 Å². The van der Waals surface area contributed by atoms with Crippen LogP contribution in [0.25, 0.3) is 10.9 Å². The van der Waals surface area contributed by atoms with Gasteiger partial charge in [0, 0.05) is 18.0 Å². The maximum atomic E-state index is 13.5. The zero-order chi connectivity index (χ0) is 28.7. The van der Waals surface area contributed by atoms with Crippen molar-refractivity contribution in [3.63, 3.8) is 0 Å². The zero-order valence-electron chi connectivity index (χ0n) is 22.0. The topological polar surface area (TPSA) is 124 Å². The van der Waals surface area contributed by atoms with Crippen LogP contribution in [0.15, 0.2) is 68.4 Å². The Balaban J connectivity index is 1.40. The van der Waals surface area contributed by atoms with Crippen LogP contribution in [0.3, 0.4) is 0 Å². The minimum absolute atomic E-state index is 0.00145. The molecule has 0 radical (unpaired) electrons. The molecule has 9 nitrogen and oxygen atoms in total. The summed E-state index contributed by atoms with van der Waals surface area (Å²) in [5.41, 5.74) is 6.57. The Hall–Kier alpha value is -3.06. The van der Waals surface area contributed by atoms with E-state index < -0.39 is 15.1 Å². The van der Waals surface area contributed by atoms with E-state index in [-0.39, 0.29) is 27.9 Å². The van der Waals surface area contributed by atoms with Gasteiger partial charge in [0.25, 0.3) is 5.56 Å². The number of hydrogen-bond acceptors (Lipinski definition) is 9. The highest BCUT2D eigenvalue weighted by molar-refractivity contribution is 7.99. The normalized spacial score (nSPS) is 15.5. The number of anilines is 1. The third-order valence-electron chi connectivity index (χ3n) is 7.35. The van der Waals surface area contributed by atoms with Crippen molar-refractivity contribution >= 4 is 50.3 Å². The van der Waals surface area contributed by atoms with Gasteiger partial charge in [-0.05, 0) is 61.6 Å². The molecule has 0 amide bonds. The molecule has 5 rings (SSSR count). The number of rotatable bonds is 7. The first-order valence-electron chi connectivity index (χ1n) is 12.7. The highest BCUT2D eigenvalue weighted by Crippen LogP contribution is 2.36. The fraction of sp³-hybridized carbons (Fsp3) is 0.333. The molecule has 1 saturated heterocycles. The van der Waals surface area contributed by atoms with Gasteiger partial charge in [-0.25, -0.2) is 15.0 Å². The maximum Gasteiger partial charge on any atom is 0.332 e. The lowest BCUT2D eigenvalue weighted by Crippen LogP contribution is -2.42. The number of nitrogens with zero attached hydrogens (tertiary/aromatic N) is 5. The molecule has 0 bridgehead atoms. The number of piperidine rings is 1. The first-order chi connectivity index (χ1) is 19.0. The molecule has 4 aromatic rings. The third kappa shape index (κ3) is 5.85. The summed E-state index contributed by atoms with van der Waals surface area (Å²) in [7, 11) is -4.87. The number of aryl methyl sites for hydroxylation is 1. The van der Waals surface area contributed by atoms with Crippen molar-refractivity contribution in [3.8, 4) is 0 Å². The van der Waals surface area contributed by atoms with Crippen molar-refractivity contribution in [1.82, 2.24) is 19.5 Å². The number of hydrogen-bond donors (Lipinski definition) is 1. The van der Waals surface area contributed by atoms with Gasteiger partial charge < -0.3 is 10.6 Å². The highest BCUT2D eigenvalue weighted by atomic mass is 35.5. The van der Waals surface area contributed by atoms with Crippen LogP contribution in [-0.4, -0.2) is 47.6 Å². The Labute approximate surface area is 240 Å². The summed E-state index contributed by atoms with van der Waals surface area (Å²) in [6.07, 6.45) is 5.43. The molecule has 0 atom stereocenters. The zero-order valence-corrected chi connectivity index (χ0v) is 24.4. The van der Waals surface area contributed by atoms with Crippen molar-refractivity contribution in [2.75, 3.05) is 24.5 Å². The molecule has 1 aliphatic heterocycles. The van der Waals surface area contributed by atoms with E-state index in [1.54, 1.807) is 37.5 Å². The van der Waals surface area contributed by atoms with Gasteiger partial charge in [-0.2, -0.15) is 8.42 Å². The van der Waals surface area contributed by atoms with Crippen LogP contribution in [0.5, 0.6) is 0 Å². The largest absolute Gasteiger partial charge is 0.355 e. The average molecular weight is 603 g/mol. The fourth-order valence-corrected chi connectivity index (χ4v) is 6.37. The Bertz CT molecular complexity index is 1740. The first kappa shape index (κ1) is 28.5. The smallest absolute Gasteiger partial charge is 0.332 e. The molecule has 0 spiro atoms. The molecule has 2 aromatic heterocycles. The van der Waals surface area contributed by atoms with E-state index >= 15 is 0 Å². The Morgan fingerprint density at radius 2 is 1.90 bits per heavy atom. The minimum atomic E-state index is -4.87. The quantitative estimate of drug-likeness (QED) is 0.303. The van der Waals surface area contributed by atoms with Crippen LogP contribution >= 0.6 is 23.4 Å². The van der Waals surface area contributed by atoms with E-state index in [0.29, 0.717) is 33.4 Å². The second kappa shape index (κ2) is 11.1. The molecule has 40 heavy (non-hydrogen) atoms. The van der Waals surface area contributed by atoms with Gasteiger partial charge in [-0.15, -0.1) is 3.89 Å².